The van der Waals surface area contributed by atoms with Crippen LogP contribution in [0.1, 0.15) is 89.9 Å². The first kappa shape index (κ1) is 16.0. The minimum absolute atomic E-state index is 0.676. The maximum atomic E-state index is 3.62. The molecule has 3 aliphatic carbocycles. The summed E-state index contributed by atoms with van der Waals surface area (Å²) in [6, 6.07) is 0. The van der Waals surface area contributed by atoms with Gasteiger partial charge >= 0.3 is 0 Å². The van der Waals surface area contributed by atoms with Gasteiger partial charge in [0.25, 0.3) is 0 Å². The zero-order valence-corrected chi connectivity index (χ0v) is 14.2. The largest absolute Gasteiger partial charge is 0.0996 e. The van der Waals surface area contributed by atoms with E-state index in [2.05, 4.69) is 23.7 Å². The van der Waals surface area contributed by atoms with Crippen molar-refractivity contribution in [1.82, 2.24) is 0 Å². The van der Waals surface area contributed by atoms with E-state index in [1.807, 2.05) is 0 Å². The van der Waals surface area contributed by atoms with E-state index in [0.717, 1.165) is 11.8 Å². The van der Waals surface area contributed by atoms with Crippen LogP contribution in [0.2, 0.25) is 0 Å². The lowest BCUT2D eigenvalue weighted by Gasteiger charge is -2.23. The maximum absolute atomic E-state index is 3.62. The van der Waals surface area contributed by atoms with Crippen LogP contribution in [-0.2, 0) is 0 Å². The zero-order chi connectivity index (χ0) is 15.0. The fourth-order valence-corrected chi connectivity index (χ4v) is 4.35. The van der Waals surface area contributed by atoms with Crippen LogP contribution in [0.25, 0.3) is 0 Å². The van der Waals surface area contributed by atoms with Crippen LogP contribution in [0.3, 0.4) is 0 Å². The second-order valence-corrected chi connectivity index (χ2v) is 7.80. The van der Waals surface area contributed by atoms with Crippen LogP contribution in [0.15, 0.2) is 0 Å². The first-order valence-corrected chi connectivity index (χ1v) is 9.92. The summed E-state index contributed by atoms with van der Waals surface area (Å²) >= 11 is 0. The Balaban J connectivity index is 1.40. The maximum Gasteiger partial charge on any atom is 0.0203 e. The zero-order valence-electron chi connectivity index (χ0n) is 14.2. The monoisotopic (exact) mass is 296 g/mol. The highest BCUT2D eigenvalue weighted by molar-refractivity contribution is 5.12. The summed E-state index contributed by atoms with van der Waals surface area (Å²) < 4.78 is 0. The summed E-state index contributed by atoms with van der Waals surface area (Å²) in [6.45, 7) is 0. The van der Waals surface area contributed by atoms with E-state index < -0.39 is 0 Å². The molecule has 0 N–H and O–H groups in total. The Morgan fingerprint density at radius 1 is 0.318 bits per heavy atom. The molecule has 0 aromatic heterocycles. The van der Waals surface area contributed by atoms with Gasteiger partial charge in [0.05, 0.1) is 0 Å². The van der Waals surface area contributed by atoms with Crippen molar-refractivity contribution in [3.05, 3.63) is 0 Å². The van der Waals surface area contributed by atoms with E-state index in [-0.39, 0.29) is 0 Å². The summed E-state index contributed by atoms with van der Waals surface area (Å²) in [7, 11) is 0. The van der Waals surface area contributed by atoms with E-state index in [1.165, 1.54) is 89.9 Å². The fraction of sp³-hybridized carbons (Fsp3) is 0.818. The van der Waals surface area contributed by atoms with E-state index in [9.17, 15) is 0 Å². The first-order chi connectivity index (χ1) is 10.9. The average Bonchev–Trinajstić information content (AvgIpc) is 2.61. The summed E-state index contributed by atoms with van der Waals surface area (Å²) in [5, 5.41) is 0. The third-order valence-electron chi connectivity index (χ3n) is 5.92. The minimum Gasteiger partial charge on any atom is -0.0996 e. The molecular weight excluding hydrogens is 264 g/mol. The molecule has 22 heavy (non-hydrogen) atoms. The third-order valence-corrected chi connectivity index (χ3v) is 5.92. The van der Waals surface area contributed by atoms with Crippen molar-refractivity contribution in [3.63, 3.8) is 0 Å². The Morgan fingerprint density at radius 2 is 0.591 bits per heavy atom. The van der Waals surface area contributed by atoms with Gasteiger partial charge in [0.15, 0.2) is 0 Å². The highest BCUT2D eigenvalue weighted by atomic mass is 14.2. The van der Waals surface area contributed by atoms with Crippen molar-refractivity contribution in [2.24, 2.45) is 23.7 Å². The van der Waals surface area contributed by atoms with Crippen molar-refractivity contribution >= 4 is 0 Å². The minimum atomic E-state index is 0.676. The van der Waals surface area contributed by atoms with Gasteiger partial charge in [0, 0.05) is 23.7 Å². The predicted molar refractivity (Wildman–Crippen MR) is 94.2 cm³/mol. The molecule has 3 aliphatic rings. The molecule has 0 atom stereocenters. The van der Waals surface area contributed by atoms with Crippen molar-refractivity contribution in [3.8, 4) is 23.7 Å². The van der Waals surface area contributed by atoms with Gasteiger partial charge in [-0.2, -0.15) is 0 Å². The fourth-order valence-electron chi connectivity index (χ4n) is 4.35. The summed E-state index contributed by atoms with van der Waals surface area (Å²) in [5.74, 6) is 17.2. The molecule has 0 aliphatic heterocycles. The van der Waals surface area contributed by atoms with Gasteiger partial charge in [-0.15, -0.1) is 0 Å². The Bertz CT molecular complexity index is 388. The van der Waals surface area contributed by atoms with Crippen LogP contribution < -0.4 is 0 Å². The SMILES string of the molecule is C(#CC1CCC(C#CC2CCCCC2)CC1)C1CCCCC1. The Labute approximate surface area is 137 Å². The molecular formula is C22H32. The molecule has 0 spiro atoms. The summed E-state index contributed by atoms with van der Waals surface area (Å²) in [4.78, 5) is 0. The Morgan fingerprint density at radius 3 is 0.909 bits per heavy atom. The molecule has 0 bridgehead atoms. The highest BCUT2D eigenvalue weighted by Crippen LogP contribution is 2.29. The average molecular weight is 296 g/mol. The normalized spacial score (nSPS) is 30.7. The predicted octanol–water partition coefficient (Wildman–Crippen LogP) is 5.96. The topological polar surface area (TPSA) is 0 Å². The molecule has 0 saturated heterocycles. The lowest BCUT2D eigenvalue weighted by atomic mass is 9.81. The summed E-state index contributed by atoms with van der Waals surface area (Å²) in [6.07, 6.45) is 19.1. The molecule has 0 unspecified atom stereocenters. The molecule has 3 rings (SSSR count). The standard InChI is InChI=1S/C22H32/c1-3-7-19(8-4-1)11-13-21-15-17-22(18-16-21)14-12-20-9-5-2-6-10-20/h19-22H,1-10,15-18H2. The van der Waals surface area contributed by atoms with Gasteiger partial charge in [0.2, 0.25) is 0 Å². The Kier molecular flexibility index (Phi) is 6.31. The van der Waals surface area contributed by atoms with Gasteiger partial charge in [-0.3, -0.25) is 0 Å². The van der Waals surface area contributed by atoms with E-state index in [4.69, 9.17) is 0 Å². The molecule has 3 fully saturated rings. The quantitative estimate of drug-likeness (QED) is 0.484. The highest BCUT2D eigenvalue weighted by Gasteiger charge is 2.19. The van der Waals surface area contributed by atoms with Crippen molar-refractivity contribution in [2.75, 3.05) is 0 Å². The summed E-state index contributed by atoms with van der Waals surface area (Å²) in [5.41, 5.74) is 0. The second-order valence-electron chi connectivity index (χ2n) is 7.80. The molecule has 0 aromatic rings. The van der Waals surface area contributed by atoms with E-state index in [0.29, 0.717) is 11.8 Å². The van der Waals surface area contributed by atoms with Gasteiger partial charge in [-0.05, 0) is 51.4 Å². The van der Waals surface area contributed by atoms with Crippen LogP contribution in [0.4, 0.5) is 0 Å². The molecule has 0 amide bonds. The smallest absolute Gasteiger partial charge is 0.0203 e. The number of hydrogen-bond acceptors (Lipinski definition) is 0. The van der Waals surface area contributed by atoms with Gasteiger partial charge < -0.3 is 0 Å². The lowest BCUT2D eigenvalue weighted by molar-refractivity contribution is 0.370. The van der Waals surface area contributed by atoms with Gasteiger partial charge in [-0.25, -0.2) is 0 Å². The molecule has 0 heterocycles. The van der Waals surface area contributed by atoms with Crippen molar-refractivity contribution in [1.29, 1.82) is 0 Å². The molecule has 3 saturated carbocycles. The Hall–Kier alpha value is -0.880. The molecule has 120 valence electrons. The van der Waals surface area contributed by atoms with Crippen LogP contribution in [0.5, 0.6) is 0 Å². The van der Waals surface area contributed by atoms with Gasteiger partial charge in [0.1, 0.15) is 0 Å². The van der Waals surface area contributed by atoms with E-state index >= 15 is 0 Å². The van der Waals surface area contributed by atoms with Crippen LogP contribution in [0, 0.1) is 47.4 Å². The van der Waals surface area contributed by atoms with E-state index in [1.54, 1.807) is 0 Å². The molecule has 0 radical (unpaired) electrons. The van der Waals surface area contributed by atoms with Crippen LogP contribution in [-0.4, -0.2) is 0 Å². The van der Waals surface area contributed by atoms with Crippen molar-refractivity contribution in [2.45, 2.75) is 89.9 Å². The molecule has 0 heteroatoms. The number of rotatable bonds is 0. The third kappa shape index (κ3) is 5.09. The van der Waals surface area contributed by atoms with Crippen molar-refractivity contribution < 1.29 is 0 Å². The molecule has 0 nitrogen and oxygen atoms in total. The molecule has 0 aromatic carbocycles. The van der Waals surface area contributed by atoms with Crippen LogP contribution >= 0.6 is 0 Å². The first-order valence-electron chi connectivity index (χ1n) is 9.92. The van der Waals surface area contributed by atoms with Gasteiger partial charge in [-0.1, -0.05) is 62.2 Å². The lowest BCUT2D eigenvalue weighted by Crippen LogP contribution is -2.13. The number of hydrogen-bond donors (Lipinski definition) is 0. The second kappa shape index (κ2) is 8.67.